The van der Waals surface area contributed by atoms with Gasteiger partial charge in [-0.2, -0.15) is 0 Å². The zero-order valence-electron chi connectivity index (χ0n) is 21.9. The van der Waals surface area contributed by atoms with Crippen LogP contribution >= 0.6 is 0 Å². The third-order valence-corrected chi connectivity index (χ3v) is 9.10. The number of amides is 3. The van der Waals surface area contributed by atoms with Crippen molar-refractivity contribution < 1.29 is 14.4 Å². The molecular weight excluding hydrogens is 478 g/mol. The molecule has 0 saturated carbocycles. The number of aromatic amines is 1. The first-order chi connectivity index (χ1) is 18.4. The van der Waals surface area contributed by atoms with Crippen molar-refractivity contribution in [3.8, 4) is 0 Å². The molecule has 5 N–H and O–H groups in total. The second-order valence-corrected chi connectivity index (χ2v) is 11.1. The molecule has 3 aromatic rings. The van der Waals surface area contributed by atoms with Gasteiger partial charge in [0.05, 0.1) is 12.1 Å². The van der Waals surface area contributed by atoms with Crippen molar-refractivity contribution in [2.45, 2.75) is 63.2 Å². The Hall–Kier alpha value is -3.65. The number of hydrogen-bond donors (Lipinski definition) is 4. The highest BCUT2D eigenvalue weighted by molar-refractivity contribution is 5.96. The first-order valence-electron chi connectivity index (χ1n) is 13.6. The Bertz CT molecular complexity index is 1410. The number of H-pyrrole nitrogens is 1. The summed E-state index contributed by atoms with van der Waals surface area (Å²) in [5.74, 6) is -0.770. The van der Waals surface area contributed by atoms with E-state index in [-0.39, 0.29) is 29.7 Å². The van der Waals surface area contributed by atoms with E-state index in [9.17, 15) is 14.4 Å². The molecule has 6 atom stereocenters. The van der Waals surface area contributed by atoms with Crippen molar-refractivity contribution in [3.63, 3.8) is 0 Å². The number of likely N-dealkylation sites (N-methyl/N-ethyl adjacent to an activating group) is 1. The summed E-state index contributed by atoms with van der Waals surface area (Å²) in [6, 6.07) is 14.3. The third-order valence-electron chi connectivity index (χ3n) is 9.10. The molecule has 2 aliphatic heterocycles. The summed E-state index contributed by atoms with van der Waals surface area (Å²) in [6.45, 7) is 1.76. The van der Waals surface area contributed by atoms with Gasteiger partial charge in [0.15, 0.2) is 0 Å². The van der Waals surface area contributed by atoms with E-state index in [1.54, 1.807) is 18.9 Å². The van der Waals surface area contributed by atoms with Gasteiger partial charge >= 0.3 is 0 Å². The van der Waals surface area contributed by atoms with Crippen molar-refractivity contribution >= 4 is 28.6 Å². The Morgan fingerprint density at radius 2 is 1.82 bits per heavy atom. The normalized spacial score (nSPS) is 27.3. The zero-order chi connectivity index (χ0) is 26.6. The summed E-state index contributed by atoms with van der Waals surface area (Å²) in [7, 11) is 1.71. The van der Waals surface area contributed by atoms with Crippen LogP contribution in [0.3, 0.4) is 0 Å². The number of carbonyl (C=O) groups excluding carboxylic acids is 3. The summed E-state index contributed by atoms with van der Waals surface area (Å²) >= 11 is 0. The number of rotatable bonds is 5. The Kier molecular flexibility index (Phi) is 6.22. The van der Waals surface area contributed by atoms with Crippen molar-refractivity contribution in [3.05, 3.63) is 70.9 Å². The molecule has 1 aromatic heterocycles. The zero-order valence-corrected chi connectivity index (χ0v) is 21.9. The monoisotopic (exact) mass is 513 g/mol. The lowest BCUT2D eigenvalue weighted by Crippen LogP contribution is -2.56. The van der Waals surface area contributed by atoms with Crippen LogP contribution in [0.4, 0.5) is 0 Å². The standard InChI is InChI=1S/C30H35N5O3/c1-16(32-2)29(37)34-24-14-22-20-9-5-6-10-23(20)33-26(22)25-15-21(27(28(31)36)35(25)30(24)38)19-12-11-17-7-3-4-8-18(17)13-19/h3-10,16,19,21,24-25,27,32-33H,11-15H2,1-2H3,(H2,31,36)(H,34,37). The number of aromatic nitrogens is 1. The molecule has 38 heavy (non-hydrogen) atoms. The van der Waals surface area contributed by atoms with E-state index >= 15 is 0 Å². The number of nitrogens with two attached hydrogens (primary N) is 1. The molecule has 2 aromatic carbocycles. The molecule has 0 bridgehead atoms. The number of benzene rings is 2. The first kappa shape index (κ1) is 24.7. The van der Waals surface area contributed by atoms with Gasteiger partial charge in [0.25, 0.3) is 0 Å². The van der Waals surface area contributed by atoms with Crippen molar-refractivity contribution in [2.75, 3.05) is 7.05 Å². The van der Waals surface area contributed by atoms with Gasteiger partial charge in [0.2, 0.25) is 17.7 Å². The fraction of sp³-hybridized carbons (Fsp3) is 0.433. The molecule has 8 nitrogen and oxygen atoms in total. The summed E-state index contributed by atoms with van der Waals surface area (Å²) in [5, 5.41) is 6.96. The lowest BCUT2D eigenvalue weighted by Gasteiger charge is -2.35. The Morgan fingerprint density at radius 1 is 1.08 bits per heavy atom. The Labute approximate surface area is 222 Å². The third kappa shape index (κ3) is 3.98. The number of nitrogens with one attached hydrogen (secondary N) is 3. The maximum atomic E-state index is 14.2. The number of fused-ring (bicyclic) bond motifs is 6. The van der Waals surface area contributed by atoms with Crippen LogP contribution in [0.25, 0.3) is 10.9 Å². The van der Waals surface area contributed by atoms with Gasteiger partial charge < -0.3 is 26.3 Å². The van der Waals surface area contributed by atoms with Crippen LogP contribution in [0, 0.1) is 11.8 Å². The number of para-hydroxylation sites is 1. The van der Waals surface area contributed by atoms with Gasteiger partial charge in [-0.1, -0.05) is 42.5 Å². The van der Waals surface area contributed by atoms with Gasteiger partial charge in [-0.3, -0.25) is 14.4 Å². The van der Waals surface area contributed by atoms with Gasteiger partial charge in [-0.15, -0.1) is 0 Å². The van der Waals surface area contributed by atoms with Gasteiger partial charge in [0.1, 0.15) is 12.1 Å². The van der Waals surface area contributed by atoms with E-state index < -0.39 is 24.0 Å². The predicted molar refractivity (Wildman–Crippen MR) is 145 cm³/mol. The molecule has 6 rings (SSSR count). The maximum absolute atomic E-state index is 14.2. The minimum atomic E-state index is -0.783. The van der Waals surface area contributed by atoms with Crippen molar-refractivity contribution in [1.82, 2.24) is 20.5 Å². The number of primary amides is 1. The first-order valence-corrected chi connectivity index (χ1v) is 13.6. The molecule has 0 radical (unpaired) electrons. The lowest BCUT2D eigenvalue weighted by atomic mass is 9.73. The van der Waals surface area contributed by atoms with Crippen molar-refractivity contribution in [1.29, 1.82) is 0 Å². The summed E-state index contributed by atoms with van der Waals surface area (Å²) in [5.41, 5.74) is 11.7. The molecule has 1 fully saturated rings. The van der Waals surface area contributed by atoms with Crippen LogP contribution in [-0.4, -0.2) is 52.8 Å². The number of nitrogens with zero attached hydrogens (tertiary/aromatic N) is 1. The average Bonchev–Trinajstić information content (AvgIpc) is 3.48. The summed E-state index contributed by atoms with van der Waals surface area (Å²) in [6.07, 6.45) is 3.82. The quantitative estimate of drug-likeness (QED) is 0.419. The van der Waals surface area contributed by atoms with Crippen molar-refractivity contribution in [2.24, 2.45) is 17.6 Å². The van der Waals surface area contributed by atoms with Crippen LogP contribution in [0.1, 0.15) is 48.2 Å². The SMILES string of the molecule is CNC(C)C(=O)NC1Cc2c([nH]c3ccccc23)C2CC(C3CCc4ccccc4C3)C(C(N)=O)N2C1=O. The maximum Gasteiger partial charge on any atom is 0.246 e. The Morgan fingerprint density at radius 3 is 2.58 bits per heavy atom. The highest BCUT2D eigenvalue weighted by Gasteiger charge is 2.53. The molecule has 3 amide bonds. The molecule has 0 spiro atoms. The molecule has 1 saturated heterocycles. The minimum Gasteiger partial charge on any atom is -0.368 e. The van der Waals surface area contributed by atoms with E-state index in [0.717, 1.165) is 41.4 Å². The molecule has 1 aliphatic carbocycles. The largest absolute Gasteiger partial charge is 0.368 e. The van der Waals surface area contributed by atoms with Crippen LogP contribution in [-0.2, 0) is 33.6 Å². The van der Waals surface area contributed by atoms with E-state index in [1.165, 1.54) is 11.1 Å². The molecular formula is C30H35N5O3. The predicted octanol–water partition coefficient (Wildman–Crippen LogP) is 2.37. The number of carbonyl (C=O) groups is 3. The molecule has 198 valence electrons. The van der Waals surface area contributed by atoms with Crippen LogP contribution in [0.5, 0.6) is 0 Å². The van der Waals surface area contributed by atoms with Crippen LogP contribution in [0.2, 0.25) is 0 Å². The highest BCUT2D eigenvalue weighted by atomic mass is 16.2. The minimum absolute atomic E-state index is 0.0558. The fourth-order valence-electron chi connectivity index (χ4n) is 7.07. The molecule has 6 unspecified atom stereocenters. The van der Waals surface area contributed by atoms with Gasteiger partial charge in [0, 0.05) is 23.0 Å². The molecule has 3 aliphatic rings. The average molecular weight is 514 g/mol. The fourth-order valence-corrected chi connectivity index (χ4v) is 7.07. The van der Waals surface area contributed by atoms with E-state index in [0.29, 0.717) is 12.8 Å². The second kappa shape index (κ2) is 9.58. The van der Waals surface area contributed by atoms with Gasteiger partial charge in [-0.05, 0) is 74.2 Å². The highest BCUT2D eigenvalue weighted by Crippen LogP contribution is 2.49. The molecule has 3 heterocycles. The number of aryl methyl sites for hydroxylation is 1. The smallest absolute Gasteiger partial charge is 0.246 e. The topological polar surface area (TPSA) is 120 Å². The summed E-state index contributed by atoms with van der Waals surface area (Å²) < 4.78 is 0. The van der Waals surface area contributed by atoms with E-state index in [4.69, 9.17) is 5.73 Å². The second-order valence-electron chi connectivity index (χ2n) is 11.1. The number of hydrogen-bond acceptors (Lipinski definition) is 4. The van der Waals surface area contributed by atoms with Crippen LogP contribution in [0.15, 0.2) is 48.5 Å². The molecule has 8 heteroatoms. The van der Waals surface area contributed by atoms with E-state index in [2.05, 4.69) is 45.9 Å². The summed E-state index contributed by atoms with van der Waals surface area (Å²) in [4.78, 5) is 45.5. The lowest BCUT2D eigenvalue weighted by molar-refractivity contribution is -0.143. The van der Waals surface area contributed by atoms with E-state index in [1.807, 2.05) is 18.2 Å². The van der Waals surface area contributed by atoms with Gasteiger partial charge in [-0.25, -0.2) is 0 Å². The Balaban J connectivity index is 1.43. The van der Waals surface area contributed by atoms with Crippen LogP contribution < -0.4 is 16.4 Å².